The Morgan fingerprint density at radius 1 is 1.10 bits per heavy atom. The second-order valence-corrected chi connectivity index (χ2v) is 10.8. The first-order valence-corrected chi connectivity index (χ1v) is 11.6. The van der Waals surface area contributed by atoms with Crippen LogP contribution in [-0.4, -0.2) is 25.2 Å². The molecule has 0 aliphatic heterocycles. The molecule has 0 unspecified atom stereocenters. The molecular formula is C25H38O4. The maximum Gasteiger partial charge on any atom is 0.308 e. The van der Waals surface area contributed by atoms with Gasteiger partial charge in [0.2, 0.25) is 0 Å². The summed E-state index contributed by atoms with van der Waals surface area (Å²) >= 11 is 0. The van der Waals surface area contributed by atoms with Crippen molar-refractivity contribution in [1.29, 1.82) is 0 Å². The first-order chi connectivity index (χ1) is 13.7. The summed E-state index contributed by atoms with van der Waals surface area (Å²) in [7, 11) is 1.52. The number of methoxy groups -OCH3 is 1. The molecule has 0 amide bonds. The third kappa shape index (κ3) is 3.25. The number of hydrogen-bond acceptors (Lipinski definition) is 4. The van der Waals surface area contributed by atoms with Crippen LogP contribution in [0.4, 0.5) is 0 Å². The lowest BCUT2D eigenvalue weighted by atomic mass is 9.47. The summed E-state index contributed by atoms with van der Waals surface area (Å²) in [5, 5.41) is 0. The molecule has 0 heterocycles. The molecule has 4 aliphatic carbocycles. The summed E-state index contributed by atoms with van der Waals surface area (Å²) in [5.41, 5.74) is 2.05. The van der Waals surface area contributed by atoms with Crippen molar-refractivity contribution in [3.05, 3.63) is 11.6 Å². The van der Waals surface area contributed by atoms with Gasteiger partial charge < -0.3 is 9.47 Å². The van der Waals surface area contributed by atoms with Gasteiger partial charge in [-0.05, 0) is 79.4 Å². The van der Waals surface area contributed by atoms with Gasteiger partial charge in [0.15, 0.2) is 0 Å². The number of fused-ring (bicyclic) bond motifs is 5. The van der Waals surface area contributed by atoms with Crippen LogP contribution in [-0.2, 0) is 19.1 Å². The monoisotopic (exact) mass is 402 g/mol. The Labute approximate surface area is 175 Å². The molecule has 29 heavy (non-hydrogen) atoms. The van der Waals surface area contributed by atoms with Gasteiger partial charge in [-0.15, -0.1) is 0 Å². The summed E-state index contributed by atoms with van der Waals surface area (Å²) in [6.07, 6.45) is 11.6. The van der Waals surface area contributed by atoms with Crippen molar-refractivity contribution in [1.82, 2.24) is 0 Å². The number of allylic oxidation sites excluding steroid dienone is 1. The summed E-state index contributed by atoms with van der Waals surface area (Å²) in [6.45, 7) is 8.54. The first kappa shape index (κ1) is 20.9. The molecule has 3 saturated carbocycles. The minimum absolute atomic E-state index is 0.00370. The number of rotatable bonds is 3. The lowest BCUT2D eigenvalue weighted by Gasteiger charge is -2.58. The Balaban J connectivity index is 1.56. The summed E-state index contributed by atoms with van der Waals surface area (Å²) < 4.78 is 10.7. The summed E-state index contributed by atoms with van der Waals surface area (Å²) in [6, 6.07) is 0. The van der Waals surface area contributed by atoms with Crippen LogP contribution >= 0.6 is 0 Å². The molecule has 0 aromatic carbocycles. The molecule has 0 spiro atoms. The zero-order valence-electron chi connectivity index (χ0n) is 18.8. The predicted octanol–water partition coefficient (Wildman–Crippen LogP) is 5.31. The van der Waals surface area contributed by atoms with Gasteiger partial charge in [-0.3, -0.25) is 9.59 Å². The van der Waals surface area contributed by atoms with Gasteiger partial charge in [-0.25, -0.2) is 0 Å². The zero-order chi connectivity index (χ0) is 21.0. The van der Waals surface area contributed by atoms with E-state index in [2.05, 4.69) is 26.8 Å². The maximum atomic E-state index is 12.3. The van der Waals surface area contributed by atoms with Crippen LogP contribution in [0.3, 0.4) is 0 Å². The molecule has 8 atom stereocenters. The molecule has 0 radical (unpaired) electrons. The van der Waals surface area contributed by atoms with E-state index in [9.17, 15) is 9.59 Å². The van der Waals surface area contributed by atoms with Gasteiger partial charge in [0, 0.05) is 13.3 Å². The Morgan fingerprint density at radius 3 is 2.55 bits per heavy atom. The summed E-state index contributed by atoms with van der Waals surface area (Å²) in [4.78, 5) is 23.7. The van der Waals surface area contributed by atoms with E-state index in [1.54, 1.807) is 0 Å². The van der Waals surface area contributed by atoms with Crippen molar-refractivity contribution in [2.45, 2.75) is 85.2 Å². The van der Waals surface area contributed by atoms with Crippen molar-refractivity contribution in [2.24, 2.45) is 40.4 Å². The minimum atomic E-state index is -0.155. The van der Waals surface area contributed by atoms with Crippen molar-refractivity contribution < 1.29 is 19.1 Å². The van der Waals surface area contributed by atoms with Crippen LogP contribution in [0.5, 0.6) is 0 Å². The molecule has 4 nitrogen and oxygen atoms in total. The summed E-state index contributed by atoms with van der Waals surface area (Å²) in [5.74, 6) is 2.40. The van der Waals surface area contributed by atoms with Crippen molar-refractivity contribution in [2.75, 3.05) is 7.11 Å². The van der Waals surface area contributed by atoms with E-state index < -0.39 is 0 Å². The lowest BCUT2D eigenvalue weighted by molar-refractivity contribution is -0.150. The van der Waals surface area contributed by atoms with Crippen LogP contribution in [0.15, 0.2) is 11.6 Å². The van der Waals surface area contributed by atoms with Gasteiger partial charge in [0.1, 0.15) is 6.10 Å². The number of esters is 2. The maximum absolute atomic E-state index is 12.3. The highest BCUT2D eigenvalue weighted by Crippen LogP contribution is 2.67. The van der Waals surface area contributed by atoms with E-state index in [0.717, 1.165) is 43.9 Å². The van der Waals surface area contributed by atoms with Crippen molar-refractivity contribution >= 4 is 11.9 Å². The zero-order valence-corrected chi connectivity index (χ0v) is 18.8. The Bertz CT molecular complexity index is 712. The van der Waals surface area contributed by atoms with Gasteiger partial charge in [0.25, 0.3) is 0 Å². The highest BCUT2D eigenvalue weighted by atomic mass is 16.5. The number of hydrogen-bond donors (Lipinski definition) is 0. The third-order valence-electron chi connectivity index (χ3n) is 9.64. The van der Waals surface area contributed by atoms with Gasteiger partial charge in [0.05, 0.1) is 13.0 Å². The third-order valence-corrected chi connectivity index (χ3v) is 9.64. The molecule has 4 rings (SSSR count). The highest BCUT2D eigenvalue weighted by molar-refractivity contribution is 5.72. The second kappa shape index (κ2) is 7.42. The molecule has 0 aromatic rings. The quantitative estimate of drug-likeness (QED) is 0.474. The fourth-order valence-electron chi connectivity index (χ4n) is 8.17. The average Bonchev–Trinajstić information content (AvgIpc) is 3.03. The fourth-order valence-corrected chi connectivity index (χ4v) is 8.17. The SMILES string of the molecule is COC(=O)[C@@H](C)[C@H]1CC[C@H]2[C@@H]3CC=C4C[C@H](OC(C)=O)CC[C@]4(C)[C@H]3CC[C@]12C. The van der Waals surface area contributed by atoms with E-state index in [4.69, 9.17) is 9.47 Å². The number of carbonyl (C=O) groups is 2. The van der Waals surface area contributed by atoms with E-state index in [1.807, 2.05) is 0 Å². The smallest absolute Gasteiger partial charge is 0.308 e. The Morgan fingerprint density at radius 2 is 1.86 bits per heavy atom. The predicted molar refractivity (Wildman–Crippen MR) is 112 cm³/mol. The van der Waals surface area contributed by atoms with E-state index in [1.165, 1.54) is 38.9 Å². The van der Waals surface area contributed by atoms with Crippen molar-refractivity contribution in [3.8, 4) is 0 Å². The molecule has 4 heteroatoms. The van der Waals surface area contributed by atoms with E-state index in [-0.39, 0.29) is 34.8 Å². The van der Waals surface area contributed by atoms with Crippen LogP contribution < -0.4 is 0 Å². The topological polar surface area (TPSA) is 52.6 Å². The highest BCUT2D eigenvalue weighted by Gasteiger charge is 2.59. The molecule has 162 valence electrons. The van der Waals surface area contributed by atoms with E-state index in [0.29, 0.717) is 11.8 Å². The minimum Gasteiger partial charge on any atom is -0.469 e. The largest absolute Gasteiger partial charge is 0.469 e. The van der Waals surface area contributed by atoms with Crippen molar-refractivity contribution in [3.63, 3.8) is 0 Å². The van der Waals surface area contributed by atoms with E-state index >= 15 is 0 Å². The van der Waals surface area contributed by atoms with Crippen LogP contribution in [0.2, 0.25) is 0 Å². The van der Waals surface area contributed by atoms with Crippen LogP contribution in [0, 0.1) is 40.4 Å². The Hall–Kier alpha value is -1.32. The van der Waals surface area contributed by atoms with Gasteiger partial charge in [-0.2, -0.15) is 0 Å². The van der Waals surface area contributed by atoms with Gasteiger partial charge in [-0.1, -0.05) is 32.4 Å². The number of ether oxygens (including phenoxy) is 2. The number of carbonyl (C=O) groups excluding carboxylic acids is 2. The Kier molecular flexibility index (Phi) is 5.36. The second-order valence-electron chi connectivity index (χ2n) is 10.8. The molecular weight excluding hydrogens is 364 g/mol. The molecule has 0 N–H and O–H groups in total. The molecule has 3 fully saturated rings. The van der Waals surface area contributed by atoms with Gasteiger partial charge >= 0.3 is 11.9 Å². The molecule has 0 saturated heterocycles. The fraction of sp³-hybridized carbons (Fsp3) is 0.840. The normalized spacial score (nSPS) is 44.6. The molecule has 0 bridgehead atoms. The van der Waals surface area contributed by atoms with Crippen LogP contribution in [0.25, 0.3) is 0 Å². The van der Waals surface area contributed by atoms with Crippen LogP contribution in [0.1, 0.15) is 79.1 Å². The lowest BCUT2D eigenvalue weighted by Crippen LogP contribution is -2.51. The molecule has 0 aromatic heterocycles. The molecule has 4 aliphatic rings. The average molecular weight is 403 g/mol. The standard InChI is InChI=1S/C25H38O4/c1-15(23(27)28-5)20-8-9-21-19-7-6-17-14-18(29-16(2)26)10-12-24(17,3)22(19)11-13-25(20,21)4/h6,15,18-22H,7-14H2,1-5H3/t15-,18+,19-,20+,21-,22-,24-,25+/m0/s1. The first-order valence-electron chi connectivity index (χ1n) is 11.6.